The van der Waals surface area contributed by atoms with E-state index in [1.165, 1.54) is 12.1 Å². The van der Waals surface area contributed by atoms with Crippen molar-refractivity contribution in [3.05, 3.63) is 42.2 Å². The van der Waals surface area contributed by atoms with Crippen LogP contribution in [0, 0.1) is 0 Å². The summed E-state index contributed by atoms with van der Waals surface area (Å²) in [5.74, 6) is -16.1. The van der Waals surface area contributed by atoms with E-state index >= 15 is 0 Å². The molecule has 1 aromatic carbocycles. The van der Waals surface area contributed by atoms with Crippen molar-refractivity contribution in [2.45, 2.75) is 81.5 Å². The SMILES string of the molecule is CCCCCCc1cnc(-c2ccc(OCC(F)(F)OC(F)(F)C(F)(F)OC(F)(F)C(F)(F)C(F)(F)C(F)(F)F)cc2)nc1. The topological polar surface area (TPSA) is 53.5 Å². The Morgan fingerprint density at radius 2 is 1.14 bits per heavy atom. The molecule has 0 bridgehead atoms. The van der Waals surface area contributed by atoms with Crippen molar-refractivity contribution in [2.24, 2.45) is 0 Å². The maximum absolute atomic E-state index is 13.8. The Bertz CT molecular complexity index is 1200. The molecule has 0 amide bonds. The predicted octanol–water partition coefficient (Wildman–Crippen LogP) is 8.88. The summed E-state index contributed by atoms with van der Waals surface area (Å²) in [6.07, 6.45) is -27.2. The van der Waals surface area contributed by atoms with Gasteiger partial charge in [-0.15, -0.1) is 0 Å². The quantitative estimate of drug-likeness (QED) is 0.132. The molecular formula is C24H21F15N2O3. The molecule has 44 heavy (non-hydrogen) atoms. The van der Waals surface area contributed by atoms with Crippen LogP contribution in [-0.2, 0) is 15.9 Å². The summed E-state index contributed by atoms with van der Waals surface area (Å²) in [6, 6.07) is 4.35. The van der Waals surface area contributed by atoms with Crippen molar-refractivity contribution >= 4 is 0 Å². The average molecular weight is 670 g/mol. The zero-order valence-corrected chi connectivity index (χ0v) is 22.0. The van der Waals surface area contributed by atoms with E-state index in [0.717, 1.165) is 49.8 Å². The summed E-state index contributed by atoms with van der Waals surface area (Å²) in [6.45, 7) is -0.296. The molecule has 0 saturated heterocycles. The second-order valence-corrected chi connectivity index (χ2v) is 9.08. The molecule has 0 radical (unpaired) electrons. The van der Waals surface area contributed by atoms with Crippen LogP contribution in [0.3, 0.4) is 0 Å². The van der Waals surface area contributed by atoms with Crippen LogP contribution in [0.4, 0.5) is 65.9 Å². The van der Waals surface area contributed by atoms with Gasteiger partial charge < -0.3 is 4.74 Å². The number of alkyl halides is 15. The largest absolute Gasteiger partial charge is 0.484 e. The fraction of sp³-hybridized carbons (Fsp3) is 0.583. The van der Waals surface area contributed by atoms with Gasteiger partial charge in [-0.1, -0.05) is 26.2 Å². The second kappa shape index (κ2) is 13.1. The van der Waals surface area contributed by atoms with Crippen molar-refractivity contribution < 1.29 is 80.1 Å². The Labute approximate surface area is 238 Å². The van der Waals surface area contributed by atoms with Crippen molar-refractivity contribution in [2.75, 3.05) is 6.61 Å². The summed E-state index contributed by atoms with van der Waals surface area (Å²) >= 11 is 0. The lowest BCUT2D eigenvalue weighted by Crippen LogP contribution is -2.64. The number of nitrogens with zero attached hydrogens (tertiary/aromatic N) is 2. The van der Waals surface area contributed by atoms with Gasteiger partial charge >= 0.3 is 42.5 Å². The van der Waals surface area contributed by atoms with Crippen molar-refractivity contribution in [1.82, 2.24) is 9.97 Å². The molecule has 5 nitrogen and oxygen atoms in total. The van der Waals surface area contributed by atoms with Crippen LogP contribution in [0.25, 0.3) is 11.4 Å². The summed E-state index contributed by atoms with van der Waals surface area (Å²) in [5, 5.41) is 0. The molecule has 2 aromatic rings. The molecule has 0 aliphatic carbocycles. The van der Waals surface area contributed by atoms with Crippen LogP contribution < -0.4 is 4.74 Å². The maximum atomic E-state index is 13.8. The van der Waals surface area contributed by atoms with Crippen molar-refractivity contribution in [1.29, 1.82) is 0 Å². The van der Waals surface area contributed by atoms with Crippen LogP contribution in [0.5, 0.6) is 5.75 Å². The number of aryl methyl sites for hydroxylation is 1. The monoisotopic (exact) mass is 670 g/mol. The van der Waals surface area contributed by atoms with E-state index in [-0.39, 0.29) is 5.82 Å². The van der Waals surface area contributed by atoms with E-state index in [0.29, 0.717) is 5.56 Å². The second-order valence-electron chi connectivity index (χ2n) is 9.08. The normalized spacial score (nSPS) is 14.2. The van der Waals surface area contributed by atoms with E-state index < -0.39 is 54.8 Å². The van der Waals surface area contributed by atoms with Crippen LogP contribution in [0.1, 0.15) is 38.2 Å². The number of halogens is 15. The van der Waals surface area contributed by atoms with E-state index in [1.54, 1.807) is 17.1 Å². The number of benzene rings is 1. The first kappa shape index (κ1) is 37.2. The summed E-state index contributed by atoms with van der Waals surface area (Å²) < 4.78 is 205. The number of ether oxygens (including phenoxy) is 3. The first-order valence-electron chi connectivity index (χ1n) is 12.2. The van der Waals surface area contributed by atoms with Gasteiger partial charge in [-0.05, 0) is 42.7 Å². The molecule has 0 aliphatic rings. The minimum atomic E-state index is -7.92. The Morgan fingerprint density at radius 3 is 1.64 bits per heavy atom. The van der Waals surface area contributed by atoms with Crippen molar-refractivity contribution in [3.63, 3.8) is 0 Å². The van der Waals surface area contributed by atoms with Gasteiger partial charge in [0.15, 0.2) is 12.4 Å². The highest BCUT2D eigenvalue weighted by Gasteiger charge is 2.85. The van der Waals surface area contributed by atoms with Gasteiger partial charge in [0.25, 0.3) is 0 Å². The summed E-state index contributed by atoms with van der Waals surface area (Å²) in [4.78, 5) is 8.27. The molecular weight excluding hydrogens is 649 g/mol. The Balaban J connectivity index is 2.05. The third-order valence-electron chi connectivity index (χ3n) is 5.53. The highest BCUT2D eigenvalue weighted by molar-refractivity contribution is 5.55. The van der Waals surface area contributed by atoms with Gasteiger partial charge in [0, 0.05) is 18.0 Å². The van der Waals surface area contributed by atoms with Crippen LogP contribution in [0.2, 0.25) is 0 Å². The third-order valence-corrected chi connectivity index (χ3v) is 5.53. The van der Waals surface area contributed by atoms with Crippen LogP contribution >= 0.6 is 0 Å². The Hall–Kier alpha value is -3.03. The van der Waals surface area contributed by atoms with Gasteiger partial charge in [-0.3, -0.25) is 0 Å². The van der Waals surface area contributed by atoms with E-state index in [2.05, 4.69) is 26.4 Å². The van der Waals surface area contributed by atoms with Gasteiger partial charge in [-0.25, -0.2) is 19.4 Å². The predicted molar refractivity (Wildman–Crippen MR) is 119 cm³/mol. The zero-order chi connectivity index (χ0) is 33.8. The van der Waals surface area contributed by atoms with Gasteiger partial charge in [0.2, 0.25) is 0 Å². The standard InChI is InChI=1S/C24H21F15N2O3/c1-2-3-4-5-6-14-11-40-17(41-12-14)15-7-9-16(10-8-15)42-13-18(25,26)43-23(36,37)24(38,39)44-22(34,35)20(29,30)19(27,28)21(31,32)33/h7-12H,2-6,13H2,1H3. The Morgan fingerprint density at radius 1 is 0.614 bits per heavy atom. The maximum Gasteiger partial charge on any atom is 0.460 e. The highest BCUT2D eigenvalue weighted by atomic mass is 19.4. The number of unbranched alkanes of at least 4 members (excludes halogenated alkanes) is 3. The van der Waals surface area contributed by atoms with E-state index in [9.17, 15) is 65.9 Å². The van der Waals surface area contributed by atoms with Crippen molar-refractivity contribution in [3.8, 4) is 17.1 Å². The first-order valence-corrected chi connectivity index (χ1v) is 12.2. The lowest BCUT2D eigenvalue weighted by molar-refractivity contribution is -0.542. The molecule has 1 heterocycles. The number of hydrogen-bond acceptors (Lipinski definition) is 5. The molecule has 0 saturated carbocycles. The molecule has 1 aromatic heterocycles. The molecule has 0 unspecified atom stereocenters. The fourth-order valence-electron chi connectivity index (χ4n) is 3.18. The minimum absolute atomic E-state index is 0.180. The Kier molecular flexibility index (Phi) is 11.1. The molecule has 0 fully saturated rings. The minimum Gasteiger partial charge on any atom is -0.484 e. The lowest BCUT2D eigenvalue weighted by Gasteiger charge is -2.36. The lowest BCUT2D eigenvalue weighted by atomic mass is 10.1. The molecule has 20 heteroatoms. The van der Waals surface area contributed by atoms with Gasteiger partial charge in [0.1, 0.15) is 5.75 Å². The molecule has 0 atom stereocenters. The smallest absolute Gasteiger partial charge is 0.460 e. The first-order chi connectivity index (χ1) is 19.9. The molecule has 2 rings (SSSR count). The summed E-state index contributed by atoms with van der Waals surface area (Å²) in [7, 11) is 0. The molecule has 250 valence electrons. The average Bonchev–Trinajstić information content (AvgIpc) is 2.88. The number of rotatable bonds is 16. The zero-order valence-electron chi connectivity index (χ0n) is 22.0. The van der Waals surface area contributed by atoms with E-state index in [4.69, 9.17) is 0 Å². The molecule has 0 aliphatic heterocycles. The molecule has 0 spiro atoms. The number of aromatic nitrogens is 2. The van der Waals surface area contributed by atoms with Gasteiger partial charge in [0.05, 0.1) is 0 Å². The highest BCUT2D eigenvalue weighted by Crippen LogP contribution is 2.56. The van der Waals surface area contributed by atoms with Crippen LogP contribution in [0.15, 0.2) is 36.7 Å². The van der Waals surface area contributed by atoms with Crippen LogP contribution in [-0.4, -0.2) is 59.0 Å². The van der Waals surface area contributed by atoms with E-state index in [1.807, 2.05) is 0 Å². The van der Waals surface area contributed by atoms with Gasteiger partial charge in [-0.2, -0.15) is 65.9 Å². The third kappa shape index (κ3) is 8.57. The summed E-state index contributed by atoms with van der Waals surface area (Å²) in [5.41, 5.74) is 1.16. The number of hydrogen-bond donors (Lipinski definition) is 0. The molecule has 0 N–H and O–H groups in total. The fourth-order valence-corrected chi connectivity index (χ4v) is 3.18.